The Morgan fingerprint density at radius 1 is 1.20 bits per heavy atom. The molecule has 1 aliphatic carbocycles. The van der Waals surface area contributed by atoms with Gasteiger partial charge < -0.3 is 14.5 Å². The molecule has 0 bridgehead atoms. The third-order valence-electron chi connectivity index (χ3n) is 6.30. The van der Waals surface area contributed by atoms with Crippen molar-refractivity contribution in [3.63, 3.8) is 0 Å². The molecule has 1 unspecified atom stereocenters. The molecule has 1 saturated carbocycles. The van der Waals surface area contributed by atoms with Crippen molar-refractivity contribution in [1.82, 2.24) is 25.1 Å². The van der Waals surface area contributed by atoms with Crippen LogP contribution in [0, 0.1) is 5.92 Å². The molecule has 2 fully saturated rings. The lowest BCUT2D eigenvalue weighted by atomic mass is 9.92. The van der Waals surface area contributed by atoms with Crippen molar-refractivity contribution in [2.45, 2.75) is 44.1 Å². The fraction of sp³-hybridized carbons (Fsp3) is 0.455. The van der Waals surface area contributed by atoms with Crippen LogP contribution in [0.5, 0.6) is 0 Å². The van der Waals surface area contributed by atoms with Gasteiger partial charge in [-0.15, -0.1) is 0 Å². The Morgan fingerprint density at radius 2 is 1.97 bits per heavy atom. The lowest BCUT2D eigenvalue weighted by Gasteiger charge is -2.32. The molecule has 0 radical (unpaired) electrons. The number of carbonyl (C=O) groups excluding carboxylic acids is 1. The van der Waals surface area contributed by atoms with Crippen LogP contribution in [0.3, 0.4) is 0 Å². The van der Waals surface area contributed by atoms with Crippen molar-refractivity contribution in [3.05, 3.63) is 59.7 Å². The summed E-state index contributed by atoms with van der Waals surface area (Å²) in [6.45, 7) is 3.06. The minimum Gasteiger partial charge on any atom is -0.383 e. The van der Waals surface area contributed by atoms with Crippen LogP contribution in [0.4, 0.5) is 0 Å². The molecule has 1 N–H and O–H groups in total. The summed E-state index contributed by atoms with van der Waals surface area (Å²) in [5, 5.41) is 23.2. The molecule has 156 valence electrons. The molecule has 1 amide bonds. The zero-order valence-corrected chi connectivity index (χ0v) is 16.9. The van der Waals surface area contributed by atoms with E-state index in [9.17, 15) is 9.90 Å². The van der Waals surface area contributed by atoms with Gasteiger partial charge in [-0.2, -0.15) is 15.0 Å². The maximum absolute atomic E-state index is 13.3. The summed E-state index contributed by atoms with van der Waals surface area (Å²) in [5.41, 5.74) is 0.890. The normalized spacial score (nSPS) is 21.4. The molecule has 3 heterocycles. The topological polar surface area (TPSA) is 97.3 Å². The Labute approximate surface area is 174 Å². The third-order valence-corrected chi connectivity index (χ3v) is 6.30. The Morgan fingerprint density at radius 3 is 2.73 bits per heavy atom. The minimum atomic E-state index is -0.943. The monoisotopic (exact) mass is 407 g/mol. The maximum atomic E-state index is 13.3. The number of likely N-dealkylation sites (tertiary alicyclic amines) is 1. The Balaban J connectivity index is 1.35. The first-order chi connectivity index (χ1) is 14.5. The largest absolute Gasteiger partial charge is 0.383 e. The molecule has 2 aliphatic rings. The van der Waals surface area contributed by atoms with E-state index in [1.165, 1.54) is 4.80 Å². The first kappa shape index (κ1) is 19.0. The summed E-state index contributed by atoms with van der Waals surface area (Å²) in [7, 11) is 0. The van der Waals surface area contributed by atoms with Gasteiger partial charge in [-0.05, 0) is 50.7 Å². The summed E-state index contributed by atoms with van der Waals surface area (Å²) in [4.78, 5) is 16.7. The van der Waals surface area contributed by atoms with E-state index in [0.717, 1.165) is 31.4 Å². The van der Waals surface area contributed by atoms with Crippen molar-refractivity contribution < 1.29 is 14.4 Å². The number of hydrogen-bond acceptors (Lipinski definition) is 6. The molecule has 2 atom stereocenters. The molecule has 0 spiro atoms. The first-order valence-corrected chi connectivity index (χ1v) is 10.5. The number of aromatic nitrogens is 4. The molecule has 8 heteroatoms. The summed E-state index contributed by atoms with van der Waals surface area (Å²) in [5.74, 6) is 1.02. The highest BCUT2D eigenvalue weighted by Gasteiger charge is 2.44. The van der Waals surface area contributed by atoms with Crippen LogP contribution in [-0.4, -0.2) is 49.2 Å². The van der Waals surface area contributed by atoms with Gasteiger partial charge in [0, 0.05) is 25.1 Å². The number of rotatable bonds is 5. The number of amides is 1. The minimum absolute atomic E-state index is 0.0442. The molecular weight excluding hydrogens is 382 g/mol. The second-order valence-electron chi connectivity index (χ2n) is 8.46. The van der Waals surface area contributed by atoms with Gasteiger partial charge in [0.05, 0.1) is 23.6 Å². The van der Waals surface area contributed by atoms with E-state index in [1.807, 2.05) is 42.2 Å². The molecule has 3 aromatic rings. The van der Waals surface area contributed by atoms with E-state index in [0.29, 0.717) is 30.0 Å². The lowest BCUT2D eigenvalue weighted by molar-refractivity contribution is 0.0255. The van der Waals surface area contributed by atoms with Crippen molar-refractivity contribution in [2.75, 3.05) is 13.1 Å². The second kappa shape index (κ2) is 7.36. The van der Waals surface area contributed by atoms with E-state index >= 15 is 0 Å². The van der Waals surface area contributed by atoms with Gasteiger partial charge >= 0.3 is 0 Å². The number of nitrogens with zero attached hydrogens (tertiary/aromatic N) is 5. The van der Waals surface area contributed by atoms with Crippen molar-refractivity contribution in [1.29, 1.82) is 0 Å². The predicted octanol–water partition coefficient (Wildman–Crippen LogP) is 2.89. The highest BCUT2D eigenvalue weighted by atomic mass is 16.5. The molecule has 5 rings (SSSR count). The summed E-state index contributed by atoms with van der Waals surface area (Å²) in [6, 6.07) is 9.25. The van der Waals surface area contributed by atoms with Gasteiger partial charge in [-0.1, -0.05) is 17.3 Å². The maximum Gasteiger partial charge on any atom is 0.256 e. The zero-order chi connectivity index (χ0) is 20.7. The van der Waals surface area contributed by atoms with Gasteiger partial charge in [0.15, 0.2) is 0 Å². The summed E-state index contributed by atoms with van der Waals surface area (Å²) >= 11 is 0. The van der Waals surface area contributed by atoms with Gasteiger partial charge in [-0.3, -0.25) is 4.79 Å². The SMILES string of the molecule is CC(O)(c1cc([C@@H]2CCCN(C(=O)c3ccccc3-n3nccn3)C2)on1)C1CC1. The quantitative estimate of drug-likeness (QED) is 0.698. The number of para-hydroxylation sites is 1. The number of piperidine rings is 1. The molecule has 2 aromatic heterocycles. The molecule has 1 saturated heterocycles. The summed E-state index contributed by atoms with van der Waals surface area (Å²) in [6.07, 6.45) is 7.03. The Bertz CT molecular complexity index is 1040. The van der Waals surface area contributed by atoms with Crippen LogP contribution in [-0.2, 0) is 5.60 Å². The van der Waals surface area contributed by atoms with Gasteiger partial charge in [0.2, 0.25) is 0 Å². The molecule has 1 aromatic carbocycles. The number of aliphatic hydroxyl groups is 1. The van der Waals surface area contributed by atoms with Crippen molar-refractivity contribution in [3.8, 4) is 5.69 Å². The average molecular weight is 407 g/mol. The fourth-order valence-electron chi connectivity index (χ4n) is 4.31. The van der Waals surface area contributed by atoms with Gasteiger partial charge in [0.25, 0.3) is 5.91 Å². The highest BCUT2D eigenvalue weighted by molar-refractivity contribution is 5.97. The highest BCUT2D eigenvalue weighted by Crippen LogP contribution is 2.45. The van der Waals surface area contributed by atoms with E-state index in [2.05, 4.69) is 15.4 Å². The van der Waals surface area contributed by atoms with Crippen molar-refractivity contribution >= 4 is 5.91 Å². The van der Waals surface area contributed by atoms with Crippen LogP contribution in [0.15, 0.2) is 47.2 Å². The van der Waals surface area contributed by atoms with Crippen LogP contribution in [0.1, 0.15) is 60.3 Å². The molecular formula is C22H25N5O3. The van der Waals surface area contributed by atoms with Gasteiger partial charge in [-0.25, -0.2) is 0 Å². The lowest BCUT2D eigenvalue weighted by Crippen LogP contribution is -2.39. The average Bonchev–Trinajstić information content (AvgIpc) is 3.28. The molecule has 8 nitrogen and oxygen atoms in total. The van der Waals surface area contributed by atoms with E-state index in [4.69, 9.17) is 4.52 Å². The van der Waals surface area contributed by atoms with Crippen LogP contribution >= 0.6 is 0 Å². The van der Waals surface area contributed by atoms with Gasteiger partial charge in [0.1, 0.15) is 17.1 Å². The number of benzene rings is 1. The number of carbonyl (C=O) groups is 1. The Hall–Kier alpha value is -3.00. The molecule has 30 heavy (non-hydrogen) atoms. The smallest absolute Gasteiger partial charge is 0.256 e. The van der Waals surface area contributed by atoms with Crippen LogP contribution < -0.4 is 0 Å². The summed E-state index contributed by atoms with van der Waals surface area (Å²) < 4.78 is 5.61. The van der Waals surface area contributed by atoms with Crippen LogP contribution in [0.25, 0.3) is 5.69 Å². The first-order valence-electron chi connectivity index (χ1n) is 10.5. The van der Waals surface area contributed by atoms with E-state index in [1.54, 1.807) is 12.4 Å². The fourth-order valence-corrected chi connectivity index (χ4v) is 4.31. The van der Waals surface area contributed by atoms with E-state index < -0.39 is 5.60 Å². The van der Waals surface area contributed by atoms with Crippen LogP contribution in [0.2, 0.25) is 0 Å². The standard InChI is InChI=1S/C22H25N5O3/c1-22(29,16-8-9-16)20-13-19(30-25-20)15-5-4-12-26(14-15)21(28)17-6-2-3-7-18(17)27-23-10-11-24-27/h2-3,6-7,10-11,13,15-16,29H,4-5,8-9,12,14H2,1H3/t15-,22?/m1/s1. The molecule has 1 aliphatic heterocycles. The third kappa shape index (κ3) is 3.41. The predicted molar refractivity (Wildman–Crippen MR) is 108 cm³/mol. The Kier molecular flexibility index (Phi) is 4.66. The van der Waals surface area contributed by atoms with Crippen molar-refractivity contribution in [2.24, 2.45) is 5.92 Å². The second-order valence-corrected chi connectivity index (χ2v) is 8.46. The zero-order valence-electron chi connectivity index (χ0n) is 16.9. The van der Waals surface area contributed by atoms with E-state index in [-0.39, 0.29) is 17.7 Å². The number of hydrogen-bond donors (Lipinski definition) is 1.